The number of benzene rings is 2. The van der Waals surface area contributed by atoms with Gasteiger partial charge in [0, 0.05) is 24.0 Å². The molecule has 1 aliphatic carbocycles. The number of halogens is 3. The number of rotatable bonds is 7. The molecule has 0 spiro atoms. The number of hydrogen-bond acceptors (Lipinski definition) is 4. The van der Waals surface area contributed by atoms with Gasteiger partial charge in [-0.1, -0.05) is 61.0 Å². The Kier molecular flexibility index (Phi) is 10.2. The van der Waals surface area contributed by atoms with Crippen LogP contribution in [0.15, 0.2) is 47.4 Å². The van der Waals surface area contributed by atoms with Gasteiger partial charge in [-0.25, -0.2) is 8.60 Å². The first-order valence-corrected chi connectivity index (χ1v) is 15.2. The minimum Gasteiger partial charge on any atom is -0.346 e. The summed E-state index contributed by atoms with van der Waals surface area (Å²) in [6, 6.07) is 8.14. The van der Waals surface area contributed by atoms with E-state index in [9.17, 15) is 23.0 Å². The van der Waals surface area contributed by atoms with Crippen molar-refractivity contribution in [3.63, 3.8) is 0 Å². The highest BCUT2D eigenvalue weighted by Gasteiger charge is 2.52. The van der Waals surface area contributed by atoms with E-state index in [-0.39, 0.29) is 36.5 Å². The fourth-order valence-electron chi connectivity index (χ4n) is 4.83. The SMILES string of the molecule is C1CCC1.CC(C)N1CC2N(C(=O)C(NC=O)CN2S(=O)c2ccc(Cl)cc2Cl)C(Cc2ccc(F)cc2)C1=O. The van der Waals surface area contributed by atoms with Crippen molar-refractivity contribution in [3.8, 4) is 0 Å². The van der Waals surface area contributed by atoms with Gasteiger partial charge in [-0.15, -0.1) is 0 Å². The summed E-state index contributed by atoms with van der Waals surface area (Å²) in [4.78, 5) is 41.8. The standard InChI is InChI=1S/C24H25Cl2FN4O4S.C4H8/c1-14(2)29-12-22-30(36(35)21-8-5-16(25)10-18(21)26)11-19(28-13-32)23(33)31(22)20(24(29)34)9-15-3-6-17(27)7-4-15;1-2-4-3-1/h3-8,10,13-14,19-20,22H,9,11-12H2,1-2H3,(H,28,32);1-4H2. The molecule has 2 saturated heterocycles. The van der Waals surface area contributed by atoms with Gasteiger partial charge in [-0.3, -0.25) is 14.4 Å². The molecule has 12 heteroatoms. The molecule has 5 rings (SSSR count). The predicted molar refractivity (Wildman–Crippen MR) is 152 cm³/mol. The van der Waals surface area contributed by atoms with Gasteiger partial charge in [-0.2, -0.15) is 4.31 Å². The quantitative estimate of drug-likeness (QED) is 0.477. The molecule has 4 atom stereocenters. The Labute approximate surface area is 246 Å². The molecular weight excluding hydrogens is 578 g/mol. The number of carbonyl (C=O) groups excluding carboxylic acids is 3. The van der Waals surface area contributed by atoms with Crippen molar-refractivity contribution in [1.29, 1.82) is 0 Å². The number of nitrogens with one attached hydrogen (secondary N) is 1. The van der Waals surface area contributed by atoms with Crippen LogP contribution in [0.2, 0.25) is 10.0 Å². The first kappa shape index (κ1) is 30.4. The molecular formula is C28H33Cl2FN4O4S. The molecule has 0 aromatic heterocycles. The number of piperazine rings is 1. The Morgan fingerprint density at radius 3 is 2.23 bits per heavy atom. The second kappa shape index (κ2) is 13.4. The number of amides is 3. The van der Waals surface area contributed by atoms with E-state index < -0.39 is 41.0 Å². The van der Waals surface area contributed by atoms with Gasteiger partial charge in [0.15, 0.2) is 0 Å². The first-order chi connectivity index (χ1) is 19.1. The number of fused-ring (bicyclic) bond motifs is 1. The lowest BCUT2D eigenvalue weighted by Gasteiger charge is -2.54. The van der Waals surface area contributed by atoms with Crippen LogP contribution in [0.4, 0.5) is 4.39 Å². The zero-order valence-corrected chi connectivity index (χ0v) is 24.7. The molecule has 4 unspecified atom stereocenters. The summed E-state index contributed by atoms with van der Waals surface area (Å²) in [6.45, 7) is 3.79. The molecule has 3 amide bonds. The van der Waals surface area contributed by atoms with Crippen molar-refractivity contribution >= 4 is 52.4 Å². The van der Waals surface area contributed by atoms with E-state index in [1.165, 1.54) is 48.8 Å². The van der Waals surface area contributed by atoms with Gasteiger partial charge in [0.05, 0.1) is 16.5 Å². The molecule has 2 heterocycles. The fraction of sp³-hybridized carbons (Fsp3) is 0.464. The maximum Gasteiger partial charge on any atom is 0.248 e. The molecule has 2 aromatic rings. The highest BCUT2D eigenvalue weighted by molar-refractivity contribution is 7.82. The molecule has 2 aromatic carbocycles. The molecule has 3 aliphatic rings. The Morgan fingerprint density at radius 1 is 1.02 bits per heavy atom. The van der Waals surface area contributed by atoms with Crippen LogP contribution >= 0.6 is 23.2 Å². The maximum atomic E-state index is 13.8. The lowest BCUT2D eigenvalue weighted by molar-refractivity contribution is -0.168. The van der Waals surface area contributed by atoms with E-state index in [2.05, 4.69) is 5.32 Å². The third kappa shape index (κ3) is 6.67. The van der Waals surface area contributed by atoms with Crippen molar-refractivity contribution in [2.24, 2.45) is 0 Å². The Balaban J connectivity index is 0.000000848. The molecule has 40 heavy (non-hydrogen) atoms. The number of carbonyl (C=O) groups is 3. The molecule has 2 aliphatic heterocycles. The molecule has 8 nitrogen and oxygen atoms in total. The summed E-state index contributed by atoms with van der Waals surface area (Å²) < 4.78 is 28.9. The molecule has 0 bridgehead atoms. The van der Waals surface area contributed by atoms with Gasteiger partial charge in [0.2, 0.25) is 18.2 Å². The van der Waals surface area contributed by atoms with Crippen LogP contribution in [0, 0.1) is 5.82 Å². The van der Waals surface area contributed by atoms with Crippen molar-refractivity contribution in [1.82, 2.24) is 19.4 Å². The normalized spacial score (nSPS) is 23.6. The van der Waals surface area contributed by atoms with Crippen molar-refractivity contribution in [3.05, 3.63) is 63.9 Å². The molecule has 3 fully saturated rings. The van der Waals surface area contributed by atoms with Gasteiger partial charge in [0.1, 0.15) is 35.1 Å². The molecule has 0 radical (unpaired) electrons. The average molecular weight is 612 g/mol. The van der Waals surface area contributed by atoms with Crippen LogP contribution in [-0.4, -0.2) is 73.9 Å². The van der Waals surface area contributed by atoms with Gasteiger partial charge in [0.25, 0.3) is 0 Å². The van der Waals surface area contributed by atoms with Crippen molar-refractivity contribution in [2.75, 3.05) is 13.1 Å². The summed E-state index contributed by atoms with van der Waals surface area (Å²) in [7, 11) is -1.85. The van der Waals surface area contributed by atoms with Crippen LogP contribution in [0.25, 0.3) is 0 Å². The van der Waals surface area contributed by atoms with Crippen LogP contribution in [0.3, 0.4) is 0 Å². The van der Waals surface area contributed by atoms with Gasteiger partial charge in [-0.05, 0) is 49.7 Å². The molecule has 216 valence electrons. The minimum absolute atomic E-state index is 0.0479. The predicted octanol–water partition coefficient (Wildman–Crippen LogP) is 4.16. The highest BCUT2D eigenvalue weighted by atomic mass is 35.5. The third-order valence-electron chi connectivity index (χ3n) is 7.36. The Bertz CT molecular complexity index is 1260. The van der Waals surface area contributed by atoms with E-state index in [4.69, 9.17) is 23.2 Å². The van der Waals surface area contributed by atoms with Crippen LogP contribution < -0.4 is 5.32 Å². The number of hydrogen-bond donors (Lipinski definition) is 1. The fourth-order valence-corrected chi connectivity index (χ4v) is 6.78. The van der Waals surface area contributed by atoms with E-state index in [0.29, 0.717) is 21.9 Å². The monoisotopic (exact) mass is 610 g/mol. The Morgan fingerprint density at radius 2 is 1.68 bits per heavy atom. The van der Waals surface area contributed by atoms with Crippen molar-refractivity contribution in [2.45, 2.75) is 75.1 Å². The maximum absolute atomic E-state index is 13.8. The summed E-state index contributed by atoms with van der Waals surface area (Å²) in [6.07, 6.45) is 5.78. The lowest BCUT2D eigenvalue weighted by Crippen LogP contribution is -2.75. The Hall–Kier alpha value is -2.53. The van der Waals surface area contributed by atoms with E-state index in [0.717, 1.165) is 0 Å². The van der Waals surface area contributed by atoms with Crippen LogP contribution in [0.1, 0.15) is 45.1 Å². The second-order valence-electron chi connectivity index (χ2n) is 10.3. The average Bonchev–Trinajstić information content (AvgIpc) is 2.86. The topological polar surface area (TPSA) is 90.0 Å². The number of nitrogens with zero attached hydrogens (tertiary/aromatic N) is 3. The summed E-state index contributed by atoms with van der Waals surface area (Å²) in [5.41, 5.74) is 0.658. The summed E-state index contributed by atoms with van der Waals surface area (Å²) in [5.74, 6) is -1.14. The van der Waals surface area contributed by atoms with Gasteiger partial charge < -0.3 is 15.1 Å². The lowest BCUT2D eigenvalue weighted by atomic mass is 9.96. The highest BCUT2D eigenvalue weighted by Crippen LogP contribution is 2.33. The minimum atomic E-state index is -1.85. The van der Waals surface area contributed by atoms with E-state index in [1.807, 2.05) is 13.8 Å². The first-order valence-electron chi connectivity index (χ1n) is 13.3. The smallest absolute Gasteiger partial charge is 0.248 e. The van der Waals surface area contributed by atoms with E-state index >= 15 is 0 Å². The summed E-state index contributed by atoms with van der Waals surface area (Å²) in [5, 5.41) is 3.07. The van der Waals surface area contributed by atoms with Crippen LogP contribution in [0.5, 0.6) is 0 Å². The zero-order valence-electron chi connectivity index (χ0n) is 22.4. The molecule has 1 saturated carbocycles. The zero-order chi connectivity index (χ0) is 29.0. The van der Waals surface area contributed by atoms with Crippen LogP contribution in [-0.2, 0) is 31.8 Å². The molecule has 1 N–H and O–H groups in total. The second-order valence-corrected chi connectivity index (χ2v) is 12.6. The summed E-state index contributed by atoms with van der Waals surface area (Å²) >= 11 is 12.4. The third-order valence-corrected chi connectivity index (χ3v) is 9.57. The largest absolute Gasteiger partial charge is 0.346 e. The van der Waals surface area contributed by atoms with Crippen molar-refractivity contribution < 1.29 is 23.0 Å². The van der Waals surface area contributed by atoms with Gasteiger partial charge >= 0.3 is 0 Å². The van der Waals surface area contributed by atoms with E-state index in [1.54, 1.807) is 33.5 Å².